The number of pyridine rings is 1. The number of aromatic nitrogens is 1. The van der Waals surface area contributed by atoms with Gasteiger partial charge in [0.15, 0.2) is 11.5 Å². The van der Waals surface area contributed by atoms with Gasteiger partial charge in [-0.3, -0.25) is 4.98 Å². The van der Waals surface area contributed by atoms with Crippen LogP contribution in [-0.2, 0) is 13.0 Å². The Morgan fingerprint density at radius 2 is 2.05 bits per heavy atom. The Balaban J connectivity index is 2.03. The molecule has 1 aromatic carbocycles. The predicted octanol–water partition coefficient (Wildman–Crippen LogP) is 2.82. The van der Waals surface area contributed by atoms with Gasteiger partial charge in [-0.05, 0) is 24.7 Å². The third-order valence-corrected chi connectivity index (χ3v) is 3.18. The lowest BCUT2D eigenvalue weighted by Gasteiger charge is -2.15. The van der Waals surface area contributed by atoms with E-state index in [0.717, 1.165) is 42.3 Å². The van der Waals surface area contributed by atoms with E-state index in [1.165, 1.54) is 0 Å². The van der Waals surface area contributed by atoms with E-state index in [1.54, 1.807) is 13.3 Å². The normalized spacial score (nSPS) is 10.4. The van der Waals surface area contributed by atoms with Crippen LogP contribution in [0.1, 0.15) is 18.2 Å². The number of para-hydroxylation sites is 1. The first-order chi connectivity index (χ1) is 10.3. The summed E-state index contributed by atoms with van der Waals surface area (Å²) in [6.07, 6.45) is 2.58. The largest absolute Gasteiger partial charge is 0.493 e. The van der Waals surface area contributed by atoms with E-state index in [4.69, 9.17) is 9.47 Å². The van der Waals surface area contributed by atoms with Gasteiger partial charge in [-0.25, -0.2) is 0 Å². The molecule has 2 aromatic rings. The van der Waals surface area contributed by atoms with Crippen LogP contribution in [0.15, 0.2) is 42.6 Å². The Bertz CT molecular complexity index is 544. The molecule has 0 bridgehead atoms. The molecule has 0 amide bonds. The molecular weight excluding hydrogens is 264 g/mol. The fourth-order valence-electron chi connectivity index (χ4n) is 2.09. The third-order valence-electron chi connectivity index (χ3n) is 3.18. The number of benzene rings is 1. The minimum absolute atomic E-state index is 0.580. The van der Waals surface area contributed by atoms with Gasteiger partial charge in [-0.2, -0.15) is 0 Å². The molecule has 1 aromatic heterocycles. The van der Waals surface area contributed by atoms with E-state index < -0.39 is 0 Å². The quantitative estimate of drug-likeness (QED) is 0.810. The summed E-state index contributed by atoms with van der Waals surface area (Å²) in [5.41, 5.74) is 2.14. The fourth-order valence-corrected chi connectivity index (χ4v) is 2.09. The second-order valence-corrected chi connectivity index (χ2v) is 4.65. The number of hydrogen-bond acceptors (Lipinski definition) is 4. The summed E-state index contributed by atoms with van der Waals surface area (Å²) in [4.78, 5) is 4.30. The van der Waals surface area contributed by atoms with Crippen molar-refractivity contribution in [3.05, 3.63) is 53.9 Å². The molecule has 0 saturated carbocycles. The molecule has 4 heteroatoms. The molecule has 4 nitrogen and oxygen atoms in total. The highest BCUT2D eigenvalue weighted by Crippen LogP contribution is 2.31. The Labute approximate surface area is 126 Å². The van der Waals surface area contributed by atoms with Crippen molar-refractivity contribution in [2.45, 2.75) is 19.9 Å². The van der Waals surface area contributed by atoms with Gasteiger partial charge in [0.05, 0.1) is 13.7 Å². The van der Waals surface area contributed by atoms with Crippen LogP contribution in [0.2, 0.25) is 0 Å². The topological polar surface area (TPSA) is 43.4 Å². The molecule has 0 atom stereocenters. The van der Waals surface area contributed by atoms with Gasteiger partial charge in [0, 0.05) is 30.4 Å². The van der Waals surface area contributed by atoms with Gasteiger partial charge in [0.2, 0.25) is 0 Å². The zero-order chi connectivity index (χ0) is 14.9. The molecule has 0 aliphatic carbocycles. The maximum Gasteiger partial charge on any atom is 0.165 e. The monoisotopic (exact) mass is 286 g/mol. The molecule has 0 radical (unpaired) electrons. The van der Waals surface area contributed by atoms with E-state index in [0.29, 0.717) is 6.61 Å². The predicted molar refractivity (Wildman–Crippen MR) is 83.8 cm³/mol. The summed E-state index contributed by atoms with van der Waals surface area (Å²) in [6.45, 7) is 4.36. The van der Waals surface area contributed by atoms with Crippen molar-refractivity contribution in [3.63, 3.8) is 0 Å². The van der Waals surface area contributed by atoms with Gasteiger partial charge in [-0.1, -0.05) is 25.1 Å². The van der Waals surface area contributed by atoms with Crippen molar-refractivity contribution in [2.24, 2.45) is 0 Å². The summed E-state index contributed by atoms with van der Waals surface area (Å²) in [6, 6.07) is 11.9. The molecule has 0 aliphatic rings. The Hall–Kier alpha value is -2.07. The van der Waals surface area contributed by atoms with Gasteiger partial charge in [0.1, 0.15) is 0 Å². The minimum atomic E-state index is 0.580. The zero-order valence-electron chi connectivity index (χ0n) is 12.6. The van der Waals surface area contributed by atoms with Gasteiger partial charge in [-0.15, -0.1) is 0 Å². The van der Waals surface area contributed by atoms with Crippen molar-refractivity contribution < 1.29 is 9.47 Å². The van der Waals surface area contributed by atoms with Crippen LogP contribution in [0.3, 0.4) is 0 Å². The molecule has 2 rings (SSSR count). The average molecular weight is 286 g/mol. The van der Waals surface area contributed by atoms with Crippen LogP contribution >= 0.6 is 0 Å². The fraction of sp³-hybridized carbons (Fsp3) is 0.353. The Morgan fingerprint density at radius 1 is 1.14 bits per heavy atom. The summed E-state index contributed by atoms with van der Waals surface area (Å²) in [5, 5.41) is 3.32. The molecule has 1 N–H and O–H groups in total. The molecule has 0 aliphatic heterocycles. The minimum Gasteiger partial charge on any atom is -0.493 e. The molecule has 21 heavy (non-hydrogen) atoms. The standard InChI is InChI=1S/C17H22N2O2/c1-3-18-13-14-7-6-9-16(20-2)17(14)21-12-10-15-8-4-5-11-19-15/h4-9,11,18H,3,10,12-13H2,1-2H3. The number of nitrogens with one attached hydrogen (secondary N) is 1. The van der Waals surface area contributed by atoms with Crippen LogP contribution in [0.4, 0.5) is 0 Å². The number of ether oxygens (including phenoxy) is 2. The number of methoxy groups -OCH3 is 1. The van der Waals surface area contributed by atoms with Crippen molar-refractivity contribution in [3.8, 4) is 11.5 Å². The van der Waals surface area contributed by atoms with Gasteiger partial charge < -0.3 is 14.8 Å². The van der Waals surface area contributed by atoms with E-state index in [-0.39, 0.29) is 0 Å². The molecule has 0 fully saturated rings. The summed E-state index contributed by atoms with van der Waals surface area (Å²) >= 11 is 0. The lowest BCUT2D eigenvalue weighted by atomic mass is 10.2. The lowest BCUT2D eigenvalue weighted by molar-refractivity contribution is 0.293. The Morgan fingerprint density at radius 3 is 2.76 bits per heavy atom. The van der Waals surface area contributed by atoms with Crippen molar-refractivity contribution in [1.29, 1.82) is 0 Å². The number of hydrogen-bond donors (Lipinski definition) is 1. The van der Waals surface area contributed by atoms with E-state index in [2.05, 4.69) is 23.3 Å². The second-order valence-electron chi connectivity index (χ2n) is 4.65. The second kappa shape index (κ2) is 8.27. The number of nitrogens with zero attached hydrogens (tertiary/aromatic N) is 1. The molecule has 0 unspecified atom stereocenters. The SMILES string of the molecule is CCNCc1cccc(OC)c1OCCc1ccccn1. The van der Waals surface area contributed by atoms with Crippen molar-refractivity contribution in [2.75, 3.05) is 20.3 Å². The van der Waals surface area contributed by atoms with E-state index >= 15 is 0 Å². The summed E-state index contributed by atoms with van der Waals surface area (Å²) in [7, 11) is 1.66. The number of rotatable bonds is 8. The van der Waals surface area contributed by atoms with Crippen LogP contribution in [0.25, 0.3) is 0 Å². The van der Waals surface area contributed by atoms with Crippen LogP contribution < -0.4 is 14.8 Å². The van der Waals surface area contributed by atoms with Crippen LogP contribution in [0.5, 0.6) is 11.5 Å². The summed E-state index contributed by atoms with van der Waals surface area (Å²) in [5.74, 6) is 1.59. The first-order valence-electron chi connectivity index (χ1n) is 7.24. The molecule has 0 spiro atoms. The van der Waals surface area contributed by atoms with E-state index in [9.17, 15) is 0 Å². The first-order valence-corrected chi connectivity index (χ1v) is 7.24. The average Bonchev–Trinajstić information content (AvgIpc) is 2.54. The van der Waals surface area contributed by atoms with Crippen molar-refractivity contribution >= 4 is 0 Å². The maximum atomic E-state index is 5.96. The highest BCUT2D eigenvalue weighted by molar-refractivity contribution is 5.46. The lowest BCUT2D eigenvalue weighted by Crippen LogP contribution is -2.14. The summed E-state index contributed by atoms with van der Waals surface area (Å²) < 4.78 is 11.4. The molecule has 0 saturated heterocycles. The third kappa shape index (κ3) is 4.46. The Kier molecular flexibility index (Phi) is 6.03. The maximum absolute atomic E-state index is 5.96. The van der Waals surface area contributed by atoms with Crippen LogP contribution in [0, 0.1) is 0 Å². The molecule has 1 heterocycles. The highest BCUT2D eigenvalue weighted by Gasteiger charge is 2.10. The first kappa shape index (κ1) is 15.3. The van der Waals surface area contributed by atoms with Crippen molar-refractivity contribution in [1.82, 2.24) is 10.3 Å². The van der Waals surface area contributed by atoms with Gasteiger partial charge >= 0.3 is 0 Å². The highest BCUT2D eigenvalue weighted by atomic mass is 16.5. The van der Waals surface area contributed by atoms with Crippen LogP contribution in [-0.4, -0.2) is 25.2 Å². The van der Waals surface area contributed by atoms with E-state index in [1.807, 2.05) is 30.3 Å². The smallest absolute Gasteiger partial charge is 0.165 e. The molecule has 112 valence electrons. The zero-order valence-corrected chi connectivity index (χ0v) is 12.6. The van der Waals surface area contributed by atoms with Gasteiger partial charge in [0.25, 0.3) is 0 Å². The molecular formula is C17H22N2O2.